The second-order valence-electron chi connectivity index (χ2n) is 6.36. The summed E-state index contributed by atoms with van der Waals surface area (Å²) in [7, 11) is 0. The summed E-state index contributed by atoms with van der Waals surface area (Å²) in [5.41, 5.74) is 1.83. The quantitative estimate of drug-likeness (QED) is 0.368. The van der Waals surface area contributed by atoms with E-state index in [9.17, 15) is 5.11 Å². The Morgan fingerprint density at radius 1 is 0.667 bits per heavy atom. The Hall–Kier alpha value is -3.17. The SMILES string of the molecule is Oc1c(Sc2ccccc2)c2cc(-c3ccccc3)oc2c2ccccc12. The third-order valence-electron chi connectivity index (χ3n) is 4.64. The largest absolute Gasteiger partial charge is 0.506 e. The van der Waals surface area contributed by atoms with E-state index in [4.69, 9.17) is 4.42 Å². The lowest BCUT2D eigenvalue weighted by molar-refractivity contribution is 0.470. The zero-order valence-electron chi connectivity index (χ0n) is 14.4. The van der Waals surface area contributed by atoms with Gasteiger partial charge in [0, 0.05) is 26.6 Å². The summed E-state index contributed by atoms with van der Waals surface area (Å²) < 4.78 is 6.28. The van der Waals surface area contributed by atoms with Crippen molar-refractivity contribution < 1.29 is 9.52 Å². The Bertz CT molecular complexity index is 1240. The van der Waals surface area contributed by atoms with E-state index in [-0.39, 0.29) is 0 Å². The predicted molar refractivity (Wildman–Crippen MR) is 111 cm³/mol. The molecule has 0 unspecified atom stereocenters. The van der Waals surface area contributed by atoms with Gasteiger partial charge in [-0.15, -0.1) is 0 Å². The van der Waals surface area contributed by atoms with E-state index in [2.05, 4.69) is 0 Å². The Kier molecular flexibility index (Phi) is 3.88. The Morgan fingerprint density at radius 3 is 2.04 bits per heavy atom. The van der Waals surface area contributed by atoms with E-state index in [1.807, 2.05) is 91.0 Å². The van der Waals surface area contributed by atoms with Crippen LogP contribution in [0.2, 0.25) is 0 Å². The van der Waals surface area contributed by atoms with Crippen molar-refractivity contribution >= 4 is 33.5 Å². The molecule has 0 amide bonds. The van der Waals surface area contributed by atoms with Gasteiger partial charge in [-0.25, -0.2) is 0 Å². The fourth-order valence-electron chi connectivity index (χ4n) is 3.35. The van der Waals surface area contributed by atoms with Gasteiger partial charge in [-0.1, -0.05) is 84.6 Å². The molecule has 0 aliphatic rings. The molecule has 0 saturated carbocycles. The number of phenols is 1. The van der Waals surface area contributed by atoms with Crippen molar-refractivity contribution in [1.82, 2.24) is 0 Å². The van der Waals surface area contributed by atoms with Crippen LogP contribution in [0.1, 0.15) is 0 Å². The molecule has 5 rings (SSSR count). The van der Waals surface area contributed by atoms with Crippen LogP contribution in [0.4, 0.5) is 0 Å². The van der Waals surface area contributed by atoms with Crippen molar-refractivity contribution in [3.63, 3.8) is 0 Å². The molecule has 0 atom stereocenters. The maximum Gasteiger partial charge on any atom is 0.144 e. The fraction of sp³-hybridized carbons (Fsp3) is 0. The predicted octanol–water partition coefficient (Wildman–Crippen LogP) is 7.11. The first-order valence-corrected chi connectivity index (χ1v) is 9.58. The number of aromatic hydroxyl groups is 1. The van der Waals surface area contributed by atoms with Crippen LogP contribution in [-0.2, 0) is 0 Å². The third kappa shape index (κ3) is 2.77. The van der Waals surface area contributed by atoms with E-state index >= 15 is 0 Å². The first kappa shape index (κ1) is 16.0. The summed E-state index contributed by atoms with van der Waals surface area (Å²) in [6.07, 6.45) is 0. The average Bonchev–Trinajstić information content (AvgIpc) is 3.18. The van der Waals surface area contributed by atoms with Crippen LogP contribution in [-0.4, -0.2) is 5.11 Å². The second kappa shape index (κ2) is 6.53. The lowest BCUT2D eigenvalue weighted by atomic mass is 10.1. The molecule has 1 N–H and O–H groups in total. The Balaban J connectivity index is 1.81. The molecule has 0 saturated heterocycles. The summed E-state index contributed by atoms with van der Waals surface area (Å²) in [5.74, 6) is 1.10. The number of benzene rings is 4. The second-order valence-corrected chi connectivity index (χ2v) is 7.44. The maximum absolute atomic E-state index is 11.0. The van der Waals surface area contributed by atoms with Gasteiger partial charge >= 0.3 is 0 Å². The van der Waals surface area contributed by atoms with Crippen LogP contribution >= 0.6 is 11.8 Å². The molecule has 0 radical (unpaired) electrons. The number of rotatable bonds is 3. The Labute approximate surface area is 161 Å². The third-order valence-corrected chi connectivity index (χ3v) is 5.77. The van der Waals surface area contributed by atoms with Gasteiger partial charge in [-0.05, 0) is 18.2 Å². The highest BCUT2D eigenvalue weighted by Gasteiger charge is 2.19. The summed E-state index contributed by atoms with van der Waals surface area (Å²) in [4.78, 5) is 1.90. The summed E-state index contributed by atoms with van der Waals surface area (Å²) in [6, 6.07) is 30.0. The summed E-state index contributed by atoms with van der Waals surface area (Å²) >= 11 is 1.56. The number of hydrogen-bond acceptors (Lipinski definition) is 3. The number of fused-ring (bicyclic) bond motifs is 3. The van der Waals surface area contributed by atoms with Gasteiger partial charge in [0.25, 0.3) is 0 Å². The molecular formula is C24H16O2S. The van der Waals surface area contributed by atoms with Crippen LogP contribution < -0.4 is 0 Å². The normalized spacial score (nSPS) is 11.3. The van der Waals surface area contributed by atoms with E-state index in [1.54, 1.807) is 11.8 Å². The van der Waals surface area contributed by atoms with Crippen molar-refractivity contribution in [3.05, 3.63) is 91.0 Å². The maximum atomic E-state index is 11.0. The lowest BCUT2D eigenvalue weighted by Gasteiger charge is -2.09. The van der Waals surface area contributed by atoms with Crippen molar-refractivity contribution in [2.24, 2.45) is 0 Å². The standard InChI is InChI=1S/C24H16O2S/c25-22-18-13-7-8-14-19(18)23-20(24(22)27-17-11-5-2-6-12-17)15-21(26-23)16-9-3-1-4-10-16/h1-15,25H. The van der Waals surface area contributed by atoms with Gasteiger partial charge in [0.05, 0.1) is 4.90 Å². The zero-order valence-corrected chi connectivity index (χ0v) is 15.2. The van der Waals surface area contributed by atoms with Crippen LogP contribution in [0.3, 0.4) is 0 Å². The minimum absolute atomic E-state index is 0.298. The van der Waals surface area contributed by atoms with Gasteiger partial charge in [0.15, 0.2) is 0 Å². The van der Waals surface area contributed by atoms with E-state index < -0.39 is 0 Å². The van der Waals surface area contributed by atoms with E-state index in [1.165, 1.54) is 0 Å². The van der Waals surface area contributed by atoms with Crippen molar-refractivity contribution in [2.45, 2.75) is 9.79 Å². The minimum Gasteiger partial charge on any atom is -0.506 e. The number of furan rings is 1. The topological polar surface area (TPSA) is 33.4 Å². The van der Waals surface area contributed by atoms with Gasteiger partial charge < -0.3 is 9.52 Å². The van der Waals surface area contributed by atoms with Crippen LogP contribution in [0, 0.1) is 0 Å². The first-order valence-electron chi connectivity index (χ1n) is 8.77. The van der Waals surface area contributed by atoms with Crippen LogP contribution in [0.5, 0.6) is 5.75 Å². The van der Waals surface area contributed by atoms with Crippen molar-refractivity contribution in [3.8, 4) is 17.1 Å². The average molecular weight is 368 g/mol. The molecule has 3 heteroatoms. The highest BCUT2D eigenvalue weighted by atomic mass is 32.2. The first-order chi connectivity index (χ1) is 13.3. The van der Waals surface area contributed by atoms with Crippen LogP contribution in [0.25, 0.3) is 33.1 Å². The van der Waals surface area contributed by atoms with Crippen LogP contribution in [0.15, 0.2) is 105 Å². The molecule has 1 heterocycles. The smallest absolute Gasteiger partial charge is 0.144 e. The molecule has 0 spiro atoms. The monoisotopic (exact) mass is 368 g/mol. The van der Waals surface area contributed by atoms with E-state index in [0.717, 1.165) is 42.9 Å². The fourth-order valence-corrected chi connectivity index (χ4v) is 4.35. The summed E-state index contributed by atoms with van der Waals surface area (Å²) in [5, 5.41) is 13.7. The minimum atomic E-state index is 0.298. The molecule has 0 aliphatic carbocycles. The number of phenolic OH excluding ortho intramolecular Hbond substituents is 1. The molecule has 1 aromatic heterocycles. The van der Waals surface area contributed by atoms with Gasteiger partial charge in [-0.3, -0.25) is 0 Å². The molecule has 2 nitrogen and oxygen atoms in total. The van der Waals surface area contributed by atoms with Gasteiger partial charge in [0.2, 0.25) is 0 Å². The van der Waals surface area contributed by atoms with Crippen molar-refractivity contribution in [1.29, 1.82) is 0 Å². The molecule has 130 valence electrons. The highest BCUT2D eigenvalue weighted by Crippen LogP contribution is 2.47. The lowest BCUT2D eigenvalue weighted by Crippen LogP contribution is -1.81. The van der Waals surface area contributed by atoms with Crippen molar-refractivity contribution in [2.75, 3.05) is 0 Å². The van der Waals surface area contributed by atoms with E-state index in [0.29, 0.717) is 5.75 Å². The van der Waals surface area contributed by atoms with Gasteiger partial charge in [-0.2, -0.15) is 0 Å². The molecular weight excluding hydrogens is 352 g/mol. The summed E-state index contributed by atoms with van der Waals surface area (Å²) in [6.45, 7) is 0. The molecule has 0 aliphatic heterocycles. The molecule has 5 aromatic rings. The molecule has 0 fully saturated rings. The zero-order chi connectivity index (χ0) is 18.2. The molecule has 27 heavy (non-hydrogen) atoms. The molecule has 0 bridgehead atoms. The van der Waals surface area contributed by atoms with Gasteiger partial charge in [0.1, 0.15) is 17.1 Å². The molecule has 4 aromatic carbocycles. The Morgan fingerprint density at radius 2 is 1.30 bits per heavy atom. The number of hydrogen-bond donors (Lipinski definition) is 1. The highest BCUT2D eigenvalue weighted by molar-refractivity contribution is 7.99.